The summed E-state index contributed by atoms with van der Waals surface area (Å²) in [5.41, 5.74) is 0. The highest BCUT2D eigenvalue weighted by molar-refractivity contribution is 7.47. The standard InChI is InChI=1S/C50H94NO7P/c1-6-8-10-12-14-16-18-19-20-21-22-23-24-25-26-27-28-29-30-31-32-34-36-38-40-42-45-55-47-49(48-57-59(53,54)56-46-44-51(3,4)5)58-50(52)43-41-39-37-35-33-17-15-13-11-9-7-2/h8,10,14,16,19-20,22-23,49H,6-7,9,11-13,15,17-18,21,24-48H2,1-5H3/p+1/b10-8-,16-14-,20-19-,23-22-. The number of quaternary nitrogens is 1. The molecule has 0 amide bonds. The molecule has 0 saturated heterocycles. The third kappa shape index (κ3) is 47.4. The number of carbonyl (C=O) groups excluding carboxylic acids is 1. The van der Waals surface area contributed by atoms with E-state index in [9.17, 15) is 14.3 Å². The molecule has 1 N–H and O–H groups in total. The molecule has 0 fully saturated rings. The van der Waals surface area contributed by atoms with E-state index < -0.39 is 13.9 Å². The third-order valence-corrected chi connectivity index (χ3v) is 11.4. The van der Waals surface area contributed by atoms with Gasteiger partial charge in [-0.3, -0.25) is 13.8 Å². The number of esters is 1. The van der Waals surface area contributed by atoms with Crippen molar-refractivity contribution in [2.45, 2.75) is 213 Å². The Balaban J connectivity index is 4.03. The Labute approximate surface area is 365 Å². The van der Waals surface area contributed by atoms with Crippen molar-refractivity contribution in [1.82, 2.24) is 0 Å². The van der Waals surface area contributed by atoms with Crippen LogP contribution < -0.4 is 0 Å². The van der Waals surface area contributed by atoms with Gasteiger partial charge in [-0.1, -0.05) is 197 Å². The molecule has 0 saturated carbocycles. The van der Waals surface area contributed by atoms with Crippen LogP contribution in [0.4, 0.5) is 0 Å². The van der Waals surface area contributed by atoms with Gasteiger partial charge in [0.1, 0.15) is 19.3 Å². The highest BCUT2D eigenvalue weighted by Gasteiger charge is 2.26. The number of carbonyl (C=O) groups is 1. The summed E-state index contributed by atoms with van der Waals surface area (Å²) < 4.78 is 35.0. The first kappa shape index (κ1) is 57.5. The van der Waals surface area contributed by atoms with E-state index in [2.05, 4.69) is 62.5 Å². The summed E-state index contributed by atoms with van der Waals surface area (Å²) in [6, 6.07) is 0. The van der Waals surface area contributed by atoms with Gasteiger partial charge in [0.15, 0.2) is 0 Å². The minimum Gasteiger partial charge on any atom is -0.457 e. The maximum absolute atomic E-state index is 12.7. The molecule has 0 heterocycles. The number of allylic oxidation sites excluding steroid dienone is 8. The fourth-order valence-electron chi connectivity index (χ4n) is 6.66. The molecule has 0 aromatic carbocycles. The van der Waals surface area contributed by atoms with E-state index in [0.29, 0.717) is 24.1 Å². The highest BCUT2D eigenvalue weighted by atomic mass is 31.2. The monoisotopic (exact) mass is 853 g/mol. The fraction of sp³-hybridized carbons (Fsp3) is 0.820. The largest absolute Gasteiger partial charge is 0.472 e. The zero-order valence-corrected chi connectivity index (χ0v) is 40.1. The predicted molar refractivity (Wildman–Crippen MR) is 252 cm³/mol. The second-order valence-corrected chi connectivity index (χ2v) is 18.9. The maximum Gasteiger partial charge on any atom is 0.472 e. The zero-order valence-electron chi connectivity index (χ0n) is 39.2. The Morgan fingerprint density at radius 3 is 1.47 bits per heavy atom. The smallest absolute Gasteiger partial charge is 0.457 e. The number of rotatable bonds is 45. The fourth-order valence-corrected chi connectivity index (χ4v) is 7.40. The zero-order chi connectivity index (χ0) is 43.4. The van der Waals surface area contributed by atoms with Crippen LogP contribution in [0.15, 0.2) is 48.6 Å². The molecule has 0 aromatic heterocycles. The molecule has 0 aromatic rings. The molecule has 0 spiro atoms. The molecule has 2 atom stereocenters. The average Bonchev–Trinajstić information content (AvgIpc) is 3.19. The van der Waals surface area contributed by atoms with Gasteiger partial charge in [-0.15, -0.1) is 0 Å². The van der Waals surface area contributed by atoms with Crippen molar-refractivity contribution in [3.8, 4) is 0 Å². The van der Waals surface area contributed by atoms with Gasteiger partial charge in [0.05, 0.1) is 34.4 Å². The van der Waals surface area contributed by atoms with E-state index in [4.69, 9.17) is 18.5 Å². The minimum absolute atomic E-state index is 0.0890. The lowest BCUT2D eigenvalue weighted by atomic mass is 10.0. The second-order valence-electron chi connectivity index (χ2n) is 17.5. The molecular formula is C50H95NO7P+. The Morgan fingerprint density at radius 2 is 0.983 bits per heavy atom. The summed E-state index contributed by atoms with van der Waals surface area (Å²) in [6.45, 7) is 5.52. The van der Waals surface area contributed by atoms with Crippen molar-refractivity contribution in [1.29, 1.82) is 0 Å². The van der Waals surface area contributed by atoms with Crippen molar-refractivity contribution in [3.63, 3.8) is 0 Å². The van der Waals surface area contributed by atoms with Crippen molar-refractivity contribution < 1.29 is 37.3 Å². The Kier molecular flexibility index (Phi) is 42.0. The number of hydrogen-bond acceptors (Lipinski definition) is 6. The molecular weight excluding hydrogens is 758 g/mol. The van der Waals surface area contributed by atoms with Gasteiger partial charge in [-0.05, 0) is 51.4 Å². The average molecular weight is 853 g/mol. The first-order chi connectivity index (χ1) is 28.6. The van der Waals surface area contributed by atoms with Crippen LogP contribution in [0.3, 0.4) is 0 Å². The van der Waals surface area contributed by atoms with Gasteiger partial charge >= 0.3 is 13.8 Å². The maximum atomic E-state index is 12.7. The van der Waals surface area contributed by atoms with Crippen LogP contribution in [-0.2, 0) is 27.9 Å². The quantitative estimate of drug-likeness (QED) is 0.0214. The molecule has 0 aliphatic carbocycles. The molecule has 0 aliphatic rings. The van der Waals surface area contributed by atoms with Crippen LogP contribution in [0.1, 0.15) is 206 Å². The first-order valence-electron chi connectivity index (χ1n) is 24.4. The van der Waals surface area contributed by atoms with Crippen molar-refractivity contribution in [2.24, 2.45) is 0 Å². The summed E-state index contributed by atoms with van der Waals surface area (Å²) in [6.07, 6.45) is 53.0. The second kappa shape index (κ2) is 43.1. The summed E-state index contributed by atoms with van der Waals surface area (Å²) in [5, 5.41) is 0. The van der Waals surface area contributed by atoms with Crippen molar-refractivity contribution in [2.75, 3.05) is 54.1 Å². The van der Waals surface area contributed by atoms with Crippen LogP contribution in [-0.4, -0.2) is 75.6 Å². The number of nitrogens with zero attached hydrogens (tertiary/aromatic N) is 1. The summed E-state index contributed by atoms with van der Waals surface area (Å²) in [4.78, 5) is 22.9. The number of unbranched alkanes of at least 4 members (excludes halogenated alkanes) is 23. The molecule has 0 bridgehead atoms. The number of hydrogen-bond donors (Lipinski definition) is 1. The summed E-state index contributed by atoms with van der Waals surface area (Å²) >= 11 is 0. The van der Waals surface area contributed by atoms with Crippen LogP contribution in [0.5, 0.6) is 0 Å². The lowest BCUT2D eigenvalue weighted by Crippen LogP contribution is -2.37. The van der Waals surface area contributed by atoms with Gasteiger partial charge in [0.25, 0.3) is 0 Å². The predicted octanol–water partition coefficient (Wildman–Crippen LogP) is 14.7. The van der Waals surface area contributed by atoms with Gasteiger partial charge in [-0.25, -0.2) is 4.57 Å². The van der Waals surface area contributed by atoms with Crippen molar-refractivity contribution in [3.05, 3.63) is 48.6 Å². The molecule has 59 heavy (non-hydrogen) atoms. The van der Waals surface area contributed by atoms with Crippen LogP contribution >= 0.6 is 7.82 Å². The van der Waals surface area contributed by atoms with E-state index in [1.54, 1.807) is 0 Å². The Hall–Kier alpha value is -1.54. The number of likely N-dealkylation sites (N-methyl/N-ethyl adjacent to an activating group) is 1. The SMILES string of the molecule is CC/C=C\C/C=C\C/C=C\C/C=C\CCCCCCCCCCCCCCCOCC(COP(=O)(O)OCC[N+](C)(C)C)OC(=O)CCCCCCCCCCCCC. The molecule has 2 unspecified atom stereocenters. The molecule has 346 valence electrons. The van der Waals surface area contributed by atoms with E-state index in [1.165, 1.54) is 128 Å². The highest BCUT2D eigenvalue weighted by Crippen LogP contribution is 2.43. The van der Waals surface area contributed by atoms with E-state index in [0.717, 1.165) is 57.8 Å². The Morgan fingerprint density at radius 1 is 0.542 bits per heavy atom. The lowest BCUT2D eigenvalue weighted by Gasteiger charge is -2.24. The van der Waals surface area contributed by atoms with Gasteiger partial charge in [-0.2, -0.15) is 0 Å². The van der Waals surface area contributed by atoms with Gasteiger partial charge < -0.3 is 18.9 Å². The first-order valence-corrected chi connectivity index (χ1v) is 25.9. The molecule has 0 radical (unpaired) electrons. The summed E-state index contributed by atoms with van der Waals surface area (Å²) in [5.74, 6) is -0.315. The normalized spacial score (nSPS) is 14.1. The van der Waals surface area contributed by atoms with E-state index in [1.807, 2.05) is 21.1 Å². The van der Waals surface area contributed by atoms with Crippen LogP contribution in [0.25, 0.3) is 0 Å². The number of phosphoric acid groups is 1. The van der Waals surface area contributed by atoms with Crippen molar-refractivity contribution >= 4 is 13.8 Å². The van der Waals surface area contributed by atoms with Crippen LogP contribution in [0, 0.1) is 0 Å². The van der Waals surface area contributed by atoms with Gasteiger partial charge in [0, 0.05) is 13.0 Å². The minimum atomic E-state index is -4.27. The lowest BCUT2D eigenvalue weighted by molar-refractivity contribution is -0.870. The third-order valence-electron chi connectivity index (χ3n) is 10.4. The molecule has 0 rings (SSSR count). The molecule has 0 aliphatic heterocycles. The molecule has 9 heteroatoms. The van der Waals surface area contributed by atoms with Crippen LogP contribution in [0.2, 0.25) is 0 Å². The topological polar surface area (TPSA) is 91.3 Å². The van der Waals surface area contributed by atoms with E-state index >= 15 is 0 Å². The molecule has 8 nitrogen and oxygen atoms in total. The van der Waals surface area contributed by atoms with E-state index in [-0.39, 0.29) is 25.8 Å². The van der Waals surface area contributed by atoms with Gasteiger partial charge in [0.2, 0.25) is 0 Å². The number of ether oxygens (including phenoxy) is 2. The Bertz CT molecular complexity index is 1080. The summed E-state index contributed by atoms with van der Waals surface area (Å²) in [7, 11) is 1.67. The number of phosphoric ester groups is 1.